The van der Waals surface area contributed by atoms with Gasteiger partial charge in [-0.15, -0.1) is 0 Å². The van der Waals surface area contributed by atoms with E-state index in [0.29, 0.717) is 40.4 Å². The van der Waals surface area contributed by atoms with E-state index in [1.807, 2.05) is 0 Å². The third-order valence-corrected chi connectivity index (χ3v) is 7.08. The molecular formula is C22H22N2O6S. The largest absolute Gasteiger partial charge is 0.710 e. The molecule has 1 aliphatic rings. The molecule has 1 heterocycles. The van der Waals surface area contributed by atoms with Crippen molar-refractivity contribution in [1.29, 1.82) is 0 Å². The first-order valence-corrected chi connectivity index (χ1v) is 11.4. The number of aromatic nitrogens is 2. The highest BCUT2D eigenvalue weighted by molar-refractivity contribution is 7.92. The van der Waals surface area contributed by atoms with Gasteiger partial charge in [-0.1, -0.05) is 0 Å². The molecule has 31 heavy (non-hydrogen) atoms. The van der Waals surface area contributed by atoms with Gasteiger partial charge in [-0.05, 0) is 61.1 Å². The molecule has 9 heteroatoms. The van der Waals surface area contributed by atoms with Gasteiger partial charge in [0.25, 0.3) is 0 Å². The lowest BCUT2D eigenvalue weighted by Gasteiger charge is -2.15. The maximum atomic E-state index is 12.4. The molecule has 0 amide bonds. The van der Waals surface area contributed by atoms with Crippen LogP contribution < -0.4 is 14.2 Å². The Bertz CT molecular complexity index is 1180. The molecule has 4 rings (SSSR count). The summed E-state index contributed by atoms with van der Waals surface area (Å²) in [6.07, 6.45) is 3.79. The molecule has 0 saturated heterocycles. The zero-order chi connectivity index (χ0) is 22.0. The predicted molar refractivity (Wildman–Crippen MR) is 113 cm³/mol. The summed E-state index contributed by atoms with van der Waals surface area (Å²) in [7, 11) is -3.27. The molecule has 0 bridgehead atoms. The van der Waals surface area contributed by atoms with Crippen molar-refractivity contribution in [2.75, 3.05) is 6.61 Å². The smallest absolute Gasteiger partial charge is 0.333 e. The molecule has 1 aromatic heterocycles. The molecule has 0 radical (unpaired) electrons. The fourth-order valence-corrected chi connectivity index (χ4v) is 4.72. The molecule has 3 aromatic rings. The third kappa shape index (κ3) is 4.78. The Morgan fingerprint density at radius 2 is 1.87 bits per heavy atom. The van der Waals surface area contributed by atoms with Gasteiger partial charge in [-0.3, -0.25) is 0 Å². The topological polar surface area (TPSA) is 113 Å². The Kier molecular flexibility index (Phi) is 5.79. The number of rotatable bonds is 8. The number of aliphatic hydroxyl groups is 1. The number of ether oxygens (including phenoxy) is 2. The first-order chi connectivity index (χ1) is 14.9. The van der Waals surface area contributed by atoms with Crippen LogP contribution in [0.2, 0.25) is 0 Å². The summed E-state index contributed by atoms with van der Waals surface area (Å²) in [5.41, 5.74) is 0.473. The fourth-order valence-electron chi connectivity index (χ4n) is 3.06. The summed E-state index contributed by atoms with van der Waals surface area (Å²) >= 11 is 0. The van der Waals surface area contributed by atoms with Crippen LogP contribution in [-0.4, -0.2) is 36.5 Å². The van der Waals surface area contributed by atoms with Crippen LogP contribution in [0.15, 0.2) is 65.8 Å². The first kappa shape index (κ1) is 21.1. The molecule has 1 N–H and O–H groups in total. The number of hydrogen-bond donors (Lipinski definition) is 1. The van der Waals surface area contributed by atoms with Crippen molar-refractivity contribution in [2.45, 2.75) is 36.0 Å². The van der Waals surface area contributed by atoms with Crippen LogP contribution in [0.4, 0.5) is 0 Å². The Labute approximate surface area is 180 Å². The fraction of sp³-hybridized carbons (Fsp3) is 0.273. The van der Waals surface area contributed by atoms with Crippen molar-refractivity contribution in [3.05, 3.63) is 66.1 Å². The van der Waals surface area contributed by atoms with Crippen molar-refractivity contribution in [2.24, 2.45) is 0 Å². The Morgan fingerprint density at radius 1 is 1.16 bits per heavy atom. The van der Waals surface area contributed by atoms with Gasteiger partial charge >= 0.3 is 5.82 Å². The number of benzene rings is 2. The van der Waals surface area contributed by atoms with Gasteiger partial charge in [0.05, 0.1) is 28.5 Å². The van der Waals surface area contributed by atoms with E-state index in [-0.39, 0.29) is 22.6 Å². The zero-order valence-corrected chi connectivity index (χ0v) is 17.7. The minimum atomic E-state index is -3.27. The third-order valence-electron chi connectivity index (χ3n) is 4.80. The van der Waals surface area contributed by atoms with Gasteiger partial charge in [0.15, 0.2) is 9.84 Å². The molecule has 162 valence electrons. The minimum absolute atomic E-state index is 0.167. The molecule has 1 aliphatic carbocycles. The minimum Gasteiger partial charge on any atom is -0.710 e. The second-order valence-electron chi connectivity index (χ2n) is 7.39. The average Bonchev–Trinajstić information content (AvgIpc) is 3.60. The van der Waals surface area contributed by atoms with E-state index in [4.69, 9.17) is 9.47 Å². The number of sulfone groups is 1. The summed E-state index contributed by atoms with van der Waals surface area (Å²) in [6.45, 7) is 1.53. The zero-order valence-electron chi connectivity index (χ0n) is 16.8. The number of aliphatic hydroxyl groups excluding tert-OH is 1. The van der Waals surface area contributed by atoms with E-state index in [1.54, 1.807) is 37.3 Å². The van der Waals surface area contributed by atoms with Gasteiger partial charge in [-0.25, -0.2) is 13.1 Å². The number of hydrogen-bond acceptors (Lipinski definition) is 7. The van der Waals surface area contributed by atoms with E-state index >= 15 is 0 Å². The van der Waals surface area contributed by atoms with Crippen molar-refractivity contribution in [1.82, 2.24) is 4.98 Å². The Hall–Kier alpha value is -3.17. The Morgan fingerprint density at radius 3 is 2.52 bits per heavy atom. The molecule has 1 unspecified atom stereocenters. The summed E-state index contributed by atoms with van der Waals surface area (Å²) < 4.78 is 36.9. The van der Waals surface area contributed by atoms with Crippen LogP contribution in [0.5, 0.6) is 17.2 Å². The molecule has 0 spiro atoms. The molecule has 1 fully saturated rings. The maximum absolute atomic E-state index is 12.4. The van der Waals surface area contributed by atoms with E-state index in [2.05, 4.69) is 4.98 Å². The highest BCUT2D eigenvalue weighted by atomic mass is 32.2. The van der Waals surface area contributed by atoms with Crippen molar-refractivity contribution in [3.63, 3.8) is 0 Å². The molecular weight excluding hydrogens is 420 g/mol. The van der Waals surface area contributed by atoms with E-state index < -0.39 is 15.9 Å². The Balaban J connectivity index is 1.64. The maximum Gasteiger partial charge on any atom is 0.333 e. The predicted octanol–water partition coefficient (Wildman–Crippen LogP) is 2.87. The highest BCUT2D eigenvalue weighted by Crippen LogP contribution is 2.35. The molecule has 2 aromatic carbocycles. The van der Waals surface area contributed by atoms with Gasteiger partial charge < -0.3 is 19.8 Å². The summed E-state index contributed by atoms with van der Waals surface area (Å²) in [5.74, 6) is 1.37. The highest BCUT2D eigenvalue weighted by Gasteiger charge is 2.36. The van der Waals surface area contributed by atoms with Gasteiger partial charge in [-0.2, -0.15) is 0 Å². The molecule has 1 atom stereocenters. The quantitative estimate of drug-likeness (QED) is 0.422. The van der Waals surface area contributed by atoms with Crippen molar-refractivity contribution >= 4 is 9.84 Å². The SMILES string of the molecule is CC(CO)Oc1cc(Oc2ccc(S(=O)(=O)C3CC3)cc2)cc(-c2nccc[n+]2[O-])c1. The van der Waals surface area contributed by atoms with Crippen LogP contribution >= 0.6 is 0 Å². The summed E-state index contributed by atoms with van der Waals surface area (Å²) in [5, 5.41) is 21.2. The van der Waals surface area contributed by atoms with Crippen LogP contribution in [-0.2, 0) is 9.84 Å². The van der Waals surface area contributed by atoms with E-state index in [9.17, 15) is 18.7 Å². The second-order valence-corrected chi connectivity index (χ2v) is 9.62. The van der Waals surface area contributed by atoms with Crippen LogP contribution in [0, 0.1) is 5.21 Å². The first-order valence-electron chi connectivity index (χ1n) is 9.86. The lowest BCUT2D eigenvalue weighted by Crippen LogP contribution is -2.29. The second kappa shape index (κ2) is 8.52. The number of nitrogens with zero attached hydrogens (tertiary/aromatic N) is 2. The van der Waals surface area contributed by atoms with Crippen LogP contribution in [0.1, 0.15) is 19.8 Å². The summed E-state index contributed by atoms with van der Waals surface area (Å²) in [6, 6.07) is 12.7. The van der Waals surface area contributed by atoms with Crippen molar-refractivity contribution < 1.29 is 27.7 Å². The normalized spacial score (nSPS) is 14.8. The molecule has 1 saturated carbocycles. The standard InChI is InChI=1S/C22H22N2O6S/c1-15(14-25)29-18-11-16(22-23-9-2-10-24(22)26)12-19(13-18)30-17-3-5-20(6-4-17)31(27,28)21-7-8-21/h2-6,9-13,15,21,25H,7-8,14H2,1H3. The van der Waals surface area contributed by atoms with Gasteiger partial charge in [0.2, 0.25) is 0 Å². The van der Waals surface area contributed by atoms with E-state index in [0.717, 1.165) is 0 Å². The summed E-state index contributed by atoms with van der Waals surface area (Å²) in [4.78, 5) is 4.40. The lowest BCUT2D eigenvalue weighted by atomic mass is 10.2. The molecule has 0 aliphatic heterocycles. The van der Waals surface area contributed by atoms with Crippen LogP contribution in [0.3, 0.4) is 0 Å². The van der Waals surface area contributed by atoms with Gasteiger partial charge in [0.1, 0.15) is 29.5 Å². The van der Waals surface area contributed by atoms with Crippen LogP contribution in [0.25, 0.3) is 11.4 Å². The monoisotopic (exact) mass is 442 g/mol. The molecule has 8 nitrogen and oxygen atoms in total. The lowest BCUT2D eigenvalue weighted by molar-refractivity contribution is -0.596. The van der Waals surface area contributed by atoms with E-state index in [1.165, 1.54) is 30.6 Å². The van der Waals surface area contributed by atoms with Crippen molar-refractivity contribution in [3.8, 4) is 28.6 Å². The van der Waals surface area contributed by atoms with Gasteiger partial charge in [0, 0.05) is 12.1 Å². The average molecular weight is 442 g/mol.